The predicted octanol–water partition coefficient (Wildman–Crippen LogP) is 15.5. The normalized spacial score (nSPS) is 14.9. The van der Waals surface area contributed by atoms with Gasteiger partial charge in [0, 0.05) is 55.8 Å². The number of anilines is 2. The molecule has 0 saturated heterocycles. The SMILES string of the molecule is CCCCCC(CC)COc1c2cc(C(C)(C)C)sc2c(OCC(CC)CCCC)c2cc(-c3ccc(C4=c5ccc6c7c(ccc6c5N(C)C4=O)=C(c4ccc(C(C)(C)C)cc4)C(=O)N7C)cc3)sc12. The number of carbonyl (C=O) groups is 2. The number of likely N-dealkylation sites (N-methyl/N-ethyl adjacent to an activating group) is 2. The Labute approximate surface area is 430 Å². The van der Waals surface area contributed by atoms with Gasteiger partial charge in [0.05, 0.1) is 45.1 Å². The van der Waals surface area contributed by atoms with Crippen molar-refractivity contribution >= 4 is 88.0 Å². The van der Waals surface area contributed by atoms with Crippen LogP contribution >= 0.6 is 22.7 Å². The predicted molar refractivity (Wildman–Crippen MR) is 304 cm³/mol. The van der Waals surface area contributed by atoms with Gasteiger partial charge in [-0.25, -0.2) is 0 Å². The summed E-state index contributed by atoms with van der Waals surface area (Å²) in [6.07, 6.45) is 10.6. The Kier molecular flexibility index (Phi) is 14.4. The molecule has 7 aromatic rings. The maximum absolute atomic E-state index is 14.4. The highest BCUT2D eigenvalue weighted by atomic mass is 32.1. The molecule has 2 aliphatic rings. The Bertz CT molecular complexity index is 3270. The molecule has 0 fully saturated rings. The highest BCUT2D eigenvalue weighted by Gasteiger charge is 2.34. The quantitative estimate of drug-likeness (QED) is 0.0804. The third-order valence-corrected chi connectivity index (χ3v) is 18.0. The molecule has 5 aromatic carbocycles. The first kappa shape index (κ1) is 50.5. The Morgan fingerprint density at radius 3 is 1.46 bits per heavy atom. The molecule has 71 heavy (non-hydrogen) atoms. The molecule has 0 spiro atoms. The van der Waals surface area contributed by atoms with E-state index in [0.29, 0.717) is 36.2 Å². The van der Waals surface area contributed by atoms with Gasteiger partial charge in [-0.2, -0.15) is 0 Å². The maximum Gasteiger partial charge on any atom is 0.259 e. The Morgan fingerprint density at radius 1 is 0.521 bits per heavy atom. The van der Waals surface area contributed by atoms with E-state index in [9.17, 15) is 9.59 Å². The summed E-state index contributed by atoms with van der Waals surface area (Å²) >= 11 is 3.64. The van der Waals surface area contributed by atoms with E-state index in [1.165, 1.54) is 60.1 Å². The Morgan fingerprint density at radius 2 is 0.986 bits per heavy atom. The van der Waals surface area contributed by atoms with Crippen molar-refractivity contribution in [3.05, 3.63) is 117 Å². The number of nitrogens with zero attached hydrogens (tertiary/aromatic N) is 2. The average Bonchev–Trinajstić information content (AvgIpc) is 4.12. The lowest BCUT2D eigenvalue weighted by Crippen LogP contribution is -2.24. The third-order valence-electron chi connectivity index (χ3n) is 15.3. The minimum atomic E-state index is -0.0408. The van der Waals surface area contributed by atoms with Gasteiger partial charge in [0.25, 0.3) is 11.8 Å². The van der Waals surface area contributed by atoms with Crippen LogP contribution in [0.3, 0.4) is 0 Å². The highest BCUT2D eigenvalue weighted by Crippen LogP contribution is 2.53. The second kappa shape index (κ2) is 20.2. The first-order chi connectivity index (χ1) is 34.0. The summed E-state index contributed by atoms with van der Waals surface area (Å²) < 4.78 is 16.5. The zero-order chi connectivity index (χ0) is 50.5. The van der Waals surface area contributed by atoms with Gasteiger partial charge < -0.3 is 19.3 Å². The molecule has 372 valence electrons. The Balaban J connectivity index is 1.12. The van der Waals surface area contributed by atoms with Crippen LogP contribution in [-0.4, -0.2) is 39.1 Å². The number of carbonyl (C=O) groups excluding carboxylic acids is 2. The van der Waals surface area contributed by atoms with Crippen LogP contribution < -0.4 is 29.7 Å². The van der Waals surface area contributed by atoms with Crippen LogP contribution in [0.2, 0.25) is 0 Å². The summed E-state index contributed by atoms with van der Waals surface area (Å²) in [5, 5.41) is 6.00. The first-order valence-corrected chi connectivity index (χ1v) is 28.0. The monoisotopic (exact) mass is 987 g/mol. The minimum Gasteiger partial charge on any atom is -0.491 e. The lowest BCUT2D eigenvalue weighted by atomic mass is 9.86. The number of rotatable bonds is 18. The van der Waals surface area contributed by atoms with Crippen molar-refractivity contribution in [2.75, 3.05) is 37.1 Å². The van der Waals surface area contributed by atoms with Crippen molar-refractivity contribution in [2.45, 2.75) is 138 Å². The van der Waals surface area contributed by atoms with Gasteiger partial charge >= 0.3 is 0 Å². The van der Waals surface area contributed by atoms with E-state index >= 15 is 0 Å². The third kappa shape index (κ3) is 9.45. The van der Waals surface area contributed by atoms with Crippen LogP contribution in [0.5, 0.6) is 11.5 Å². The van der Waals surface area contributed by atoms with E-state index in [0.717, 1.165) is 94.0 Å². The van der Waals surface area contributed by atoms with Gasteiger partial charge in [-0.1, -0.05) is 187 Å². The van der Waals surface area contributed by atoms with E-state index in [-0.39, 0.29) is 22.6 Å². The summed E-state index contributed by atoms with van der Waals surface area (Å²) in [5.41, 5.74) is 7.24. The molecule has 0 aliphatic carbocycles. The maximum atomic E-state index is 14.4. The molecule has 8 heteroatoms. The molecule has 6 nitrogen and oxygen atoms in total. The molecule has 0 saturated carbocycles. The van der Waals surface area contributed by atoms with Gasteiger partial charge in [-0.15, -0.1) is 22.7 Å². The van der Waals surface area contributed by atoms with Crippen molar-refractivity contribution in [1.29, 1.82) is 0 Å². The molecule has 0 radical (unpaired) electrons. The van der Waals surface area contributed by atoms with E-state index in [4.69, 9.17) is 9.47 Å². The topological polar surface area (TPSA) is 59.1 Å². The molecule has 0 N–H and O–H groups in total. The number of fused-ring (bicyclic) bond motifs is 7. The van der Waals surface area contributed by atoms with Gasteiger partial charge in [0.15, 0.2) is 0 Å². The standard InChI is InChI=1S/C63H74N2O4S2/c1-13-17-19-21-39(16-4)37-69-57-49-35-51(63(8,9)10)71-59(49)56(68-36-38(15-3)20-18-14-2)48-34-50(70-58(48)57)40-22-24-41(25-23-40)52-46-32-30-45-44(54(46)64(11)60(52)66)31-33-47-53(61(67)65(12)55(45)47)42-26-28-43(29-27-42)62(5,6)7/h22-35,38-39H,13-21,36-37H2,1-12H3. The molecule has 0 bridgehead atoms. The number of amides is 2. The summed E-state index contributed by atoms with van der Waals surface area (Å²) in [7, 11) is 3.72. The zero-order valence-electron chi connectivity index (χ0n) is 44.4. The summed E-state index contributed by atoms with van der Waals surface area (Å²) in [4.78, 5) is 34.4. The molecular weight excluding hydrogens is 913 g/mol. The van der Waals surface area contributed by atoms with Crippen molar-refractivity contribution in [1.82, 2.24) is 0 Å². The number of thiophene rings is 2. The van der Waals surface area contributed by atoms with Crippen molar-refractivity contribution in [3.8, 4) is 21.9 Å². The average molecular weight is 987 g/mol. The molecule has 2 aliphatic heterocycles. The van der Waals surface area contributed by atoms with E-state index in [2.05, 4.69) is 154 Å². The summed E-state index contributed by atoms with van der Waals surface area (Å²) in [5.74, 6) is 2.89. The van der Waals surface area contributed by atoms with Gasteiger partial charge in [0.2, 0.25) is 0 Å². The lowest BCUT2D eigenvalue weighted by molar-refractivity contribution is -0.113. The molecule has 2 unspecified atom stereocenters. The number of unbranched alkanes of at least 4 members (excludes halogenated alkanes) is 3. The fourth-order valence-electron chi connectivity index (χ4n) is 10.7. The van der Waals surface area contributed by atoms with Crippen LogP contribution in [-0.2, 0) is 20.4 Å². The number of benzene rings is 5. The second-order valence-electron chi connectivity index (χ2n) is 22.3. The van der Waals surface area contributed by atoms with Gasteiger partial charge in [0.1, 0.15) is 11.5 Å². The number of ether oxygens (including phenoxy) is 2. The number of hydrogen-bond acceptors (Lipinski definition) is 6. The lowest BCUT2D eigenvalue weighted by Gasteiger charge is -2.19. The zero-order valence-corrected chi connectivity index (χ0v) is 46.0. The second-order valence-corrected chi connectivity index (χ2v) is 24.4. The molecule has 4 heterocycles. The van der Waals surface area contributed by atoms with Crippen LogP contribution in [0.25, 0.3) is 52.5 Å². The fraction of sp³-hybridized carbons (Fsp3) is 0.429. The van der Waals surface area contributed by atoms with E-state index in [1.54, 1.807) is 21.1 Å². The number of hydrogen-bond donors (Lipinski definition) is 0. The fourth-order valence-corrected chi connectivity index (χ4v) is 13.1. The van der Waals surface area contributed by atoms with Crippen LogP contribution in [0.4, 0.5) is 11.4 Å². The van der Waals surface area contributed by atoms with Crippen LogP contribution in [0.15, 0.2) is 84.9 Å². The van der Waals surface area contributed by atoms with E-state index < -0.39 is 0 Å². The summed E-state index contributed by atoms with van der Waals surface area (Å²) in [6, 6.07) is 30.0. The van der Waals surface area contributed by atoms with Crippen LogP contribution in [0, 0.1) is 11.8 Å². The largest absolute Gasteiger partial charge is 0.491 e. The Hall–Kier alpha value is -5.44. The smallest absolute Gasteiger partial charge is 0.259 e. The summed E-state index contributed by atoms with van der Waals surface area (Å²) in [6.45, 7) is 24.0. The van der Waals surface area contributed by atoms with Crippen molar-refractivity contribution in [2.24, 2.45) is 11.8 Å². The molecule has 2 amide bonds. The van der Waals surface area contributed by atoms with Crippen molar-refractivity contribution in [3.63, 3.8) is 0 Å². The van der Waals surface area contributed by atoms with E-state index in [1.807, 2.05) is 25.4 Å². The van der Waals surface area contributed by atoms with Gasteiger partial charge in [-0.05, 0) is 69.9 Å². The molecule has 9 rings (SSSR count). The van der Waals surface area contributed by atoms with Gasteiger partial charge in [-0.3, -0.25) is 9.59 Å². The minimum absolute atomic E-state index is 0.0148. The molecular formula is C63H74N2O4S2. The first-order valence-electron chi connectivity index (χ1n) is 26.4. The van der Waals surface area contributed by atoms with Crippen molar-refractivity contribution < 1.29 is 19.1 Å². The molecule has 2 atom stereocenters. The highest BCUT2D eigenvalue weighted by molar-refractivity contribution is 7.23. The van der Waals surface area contributed by atoms with Crippen LogP contribution in [0.1, 0.15) is 149 Å². The molecule has 2 aromatic heterocycles.